The molecule has 1 aliphatic rings. The third-order valence-electron chi connectivity index (χ3n) is 4.62. The van der Waals surface area contributed by atoms with Crippen molar-refractivity contribution in [1.29, 1.82) is 0 Å². The van der Waals surface area contributed by atoms with Gasteiger partial charge in [0, 0.05) is 5.92 Å². The number of benzene rings is 1. The summed E-state index contributed by atoms with van der Waals surface area (Å²) >= 11 is 0. The third kappa shape index (κ3) is 3.14. The van der Waals surface area contributed by atoms with Gasteiger partial charge in [0.25, 0.3) is 0 Å². The Morgan fingerprint density at radius 1 is 1.33 bits per heavy atom. The maximum absolute atomic E-state index is 12.1. The fourth-order valence-corrected chi connectivity index (χ4v) is 3.34. The smallest absolute Gasteiger partial charge is 0.311 e. The summed E-state index contributed by atoms with van der Waals surface area (Å²) in [5.41, 5.74) is 3.21. The zero-order valence-electron chi connectivity index (χ0n) is 13.0. The number of fused-ring (bicyclic) bond motifs is 1. The maximum Gasteiger partial charge on any atom is 0.311 e. The Morgan fingerprint density at radius 3 is 2.71 bits per heavy atom. The highest BCUT2D eigenvalue weighted by atomic mass is 16.5. The van der Waals surface area contributed by atoms with Gasteiger partial charge in [0.1, 0.15) is 0 Å². The highest BCUT2D eigenvalue weighted by Gasteiger charge is 2.38. The van der Waals surface area contributed by atoms with Crippen LogP contribution in [0.25, 0.3) is 0 Å². The number of methoxy groups -OCH3 is 1. The Morgan fingerprint density at radius 2 is 2.05 bits per heavy atom. The second kappa shape index (κ2) is 6.37. The first-order valence-corrected chi connectivity index (χ1v) is 7.50. The van der Waals surface area contributed by atoms with E-state index in [9.17, 15) is 9.70 Å². The average molecular weight is 289 g/mol. The molecule has 1 aromatic rings. The molecule has 0 amide bonds. The van der Waals surface area contributed by atoms with E-state index in [1.807, 2.05) is 13.8 Å². The summed E-state index contributed by atoms with van der Waals surface area (Å²) in [7, 11) is 1.40. The molecule has 1 atom stereocenters. The molecule has 0 radical (unpaired) electrons. The first kappa shape index (κ1) is 15.7. The average Bonchev–Trinajstić information content (AvgIpc) is 2.94. The van der Waals surface area contributed by atoms with E-state index in [4.69, 9.17) is 4.74 Å². The SMILES string of the molecule is COC(=O)C(C)(C)C(CCN=O)c1ccc2c(c1)CCC2. The largest absolute Gasteiger partial charge is 0.469 e. The minimum absolute atomic E-state index is 0.0615. The van der Waals surface area contributed by atoms with Crippen molar-refractivity contribution in [2.45, 2.75) is 45.4 Å². The van der Waals surface area contributed by atoms with Gasteiger partial charge in [0.15, 0.2) is 0 Å². The molecular formula is C17H23NO3. The number of hydrogen-bond donors (Lipinski definition) is 0. The van der Waals surface area contributed by atoms with E-state index >= 15 is 0 Å². The van der Waals surface area contributed by atoms with Crippen molar-refractivity contribution in [3.8, 4) is 0 Å². The summed E-state index contributed by atoms with van der Waals surface area (Å²) in [4.78, 5) is 22.6. The summed E-state index contributed by atoms with van der Waals surface area (Å²) < 4.78 is 4.94. The van der Waals surface area contributed by atoms with Gasteiger partial charge in [-0.05, 0) is 56.2 Å². The Bertz CT molecular complexity index is 537. The number of nitroso groups, excluding NO2 is 1. The van der Waals surface area contributed by atoms with E-state index in [0.29, 0.717) is 6.42 Å². The molecule has 4 heteroatoms. The van der Waals surface area contributed by atoms with Gasteiger partial charge in [-0.15, -0.1) is 0 Å². The number of aryl methyl sites for hydroxylation is 2. The van der Waals surface area contributed by atoms with E-state index in [-0.39, 0.29) is 18.4 Å². The number of carbonyl (C=O) groups is 1. The number of esters is 1. The predicted molar refractivity (Wildman–Crippen MR) is 82.3 cm³/mol. The van der Waals surface area contributed by atoms with Crippen molar-refractivity contribution in [3.05, 3.63) is 39.8 Å². The van der Waals surface area contributed by atoms with Gasteiger partial charge in [0.2, 0.25) is 0 Å². The molecule has 0 bridgehead atoms. The summed E-state index contributed by atoms with van der Waals surface area (Å²) in [6, 6.07) is 6.44. The second-order valence-electron chi connectivity index (χ2n) is 6.29. The van der Waals surface area contributed by atoms with Crippen molar-refractivity contribution in [2.24, 2.45) is 10.6 Å². The van der Waals surface area contributed by atoms with Crippen LogP contribution < -0.4 is 0 Å². The lowest BCUT2D eigenvalue weighted by molar-refractivity contribution is -0.152. The molecule has 0 fully saturated rings. The summed E-state index contributed by atoms with van der Waals surface area (Å²) in [6.07, 6.45) is 3.99. The number of carbonyl (C=O) groups excluding carboxylic acids is 1. The fourth-order valence-electron chi connectivity index (χ4n) is 3.34. The summed E-state index contributed by atoms with van der Waals surface area (Å²) in [5.74, 6) is -0.313. The first-order chi connectivity index (χ1) is 10.0. The van der Waals surface area contributed by atoms with Crippen molar-refractivity contribution >= 4 is 5.97 Å². The molecule has 1 unspecified atom stereocenters. The molecule has 1 aliphatic carbocycles. The number of ether oxygens (including phenoxy) is 1. The third-order valence-corrected chi connectivity index (χ3v) is 4.62. The van der Waals surface area contributed by atoms with Gasteiger partial charge in [-0.3, -0.25) is 4.79 Å². The molecule has 0 spiro atoms. The molecule has 21 heavy (non-hydrogen) atoms. The van der Waals surface area contributed by atoms with Crippen LogP contribution in [0.3, 0.4) is 0 Å². The molecule has 2 rings (SSSR count). The molecule has 0 aromatic heterocycles. The fraction of sp³-hybridized carbons (Fsp3) is 0.588. The van der Waals surface area contributed by atoms with Crippen molar-refractivity contribution in [2.75, 3.05) is 13.7 Å². The molecular weight excluding hydrogens is 266 g/mol. The van der Waals surface area contributed by atoms with Crippen molar-refractivity contribution in [1.82, 2.24) is 0 Å². The van der Waals surface area contributed by atoms with E-state index in [2.05, 4.69) is 23.4 Å². The standard InChI is InChI=1S/C17H23NO3/c1-17(2,16(19)21-3)15(9-10-18-20)14-8-7-12-5-4-6-13(12)11-14/h7-8,11,15H,4-6,9-10H2,1-3H3. The highest BCUT2D eigenvalue weighted by Crippen LogP contribution is 2.40. The van der Waals surface area contributed by atoms with Crippen molar-refractivity contribution in [3.63, 3.8) is 0 Å². The lowest BCUT2D eigenvalue weighted by Gasteiger charge is -2.32. The Kier molecular flexibility index (Phi) is 4.76. The molecule has 114 valence electrons. The number of rotatable bonds is 6. The van der Waals surface area contributed by atoms with Crippen LogP contribution in [0.5, 0.6) is 0 Å². The van der Waals surface area contributed by atoms with Gasteiger partial charge >= 0.3 is 5.97 Å². The van der Waals surface area contributed by atoms with Crippen LogP contribution in [0.1, 0.15) is 49.3 Å². The molecule has 0 saturated heterocycles. The van der Waals surface area contributed by atoms with Crippen LogP contribution in [0, 0.1) is 10.3 Å². The van der Waals surface area contributed by atoms with Crippen LogP contribution in [0.2, 0.25) is 0 Å². The molecule has 0 heterocycles. The molecule has 4 nitrogen and oxygen atoms in total. The van der Waals surface area contributed by atoms with Crippen LogP contribution in [-0.2, 0) is 22.4 Å². The van der Waals surface area contributed by atoms with Gasteiger partial charge in [-0.25, -0.2) is 0 Å². The second-order valence-corrected chi connectivity index (χ2v) is 6.29. The Labute approximate surface area is 125 Å². The highest BCUT2D eigenvalue weighted by molar-refractivity contribution is 5.77. The topological polar surface area (TPSA) is 55.7 Å². The monoisotopic (exact) mass is 289 g/mol. The number of nitrogens with zero attached hydrogens (tertiary/aromatic N) is 1. The van der Waals surface area contributed by atoms with Gasteiger partial charge < -0.3 is 4.74 Å². The van der Waals surface area contributed by atoms with Gasteiger partial charge in [-0.1, -0.05) is 23.4 Å². The molecule has 0 aliphatic heterocycles. The normalized spacial score (nSPS) is 15.4. The van der Waals surface area contributed by atoms with Gasteiger partial charge in [-0.2, -0.15) is 4.91 Å². The van der Waals surface area contributed by atoms with Crippen LogP contribution in [-0.4, -0.2) is 19.6 Å². The lowest BCUT2D eigenvalue weighted by Crippen LogP contribution is -2.33. The number of hydrogen-bond acceptors (Lipinski definition) is 4. The zero-order chi connectivity index (χ0) is 15.5. The van der Waals surface area contributed by atoms with Gasteiger partial charge in [0.05, 0.1) is 19.1 Å². The van der Waals surface area contributed by atoms with Crippen LogP contribution >= 0.6 is 0 Å². The van der Waals surface area contributed by atoms with E-state index in [1.54, 1.807) is 0 Å². The minimum Gasteiger partial charge on any atom is -0.469 e. The van der Waals surface area contributed by atoms with Crippen LogP contribution in [0.15, 0.2) is 23.4 Å². The molecule has 0 N–H and O–H groups in total. The van der Waals surface area contributed by atoms with Crippen molar-refractivity contribution < 1.29 is 9.53 Å². The zero-order valence-corrected chi connectivity index (χ0v) is 13.0. The van der Waals surface area contributed by atoms with E-state index < -0.39 is 5.41 Å². The molecule has 0 saturated carbocycles. The van der Waals surface area contributed by atoms with E-state index in [1.165, 1.54) is 24.7 Å². The quantitative estimate of drug-likeness (QED) is 0.593. The maximum atomic E-state index is 12.1. The summed E-state index contributed by atoms with van der Waals surface area (Å²) in [6.45, 7) is 3.96. The molecule has 1 aromatic carbocycles. The Hall–Kier alpha value is -1.71. The summed E-state index contributed by atoms with van der Waals surface area (Å²) in [5, 5.41) is 2.97. The Balaban J connectivity index is 2.35. The minimum atomic E-state index is -0.674. The lowest BCUT2D eigenvalue weighted by atomic mass is 9.72. The predicted octanol–water partition coefficient (Wildman–Crippen LogP) is 3.61. The van der Waals surface area contributed by atoms with Crippen LogP contribution in [0.4, 0.5) is 0 Å². The van der Waals surface area contributed by atoms with E-state index in [0.717, 1.165) is 18.4 Å². The first-order valence-electron chi connectivity index (χ1n) is 7.50.